The van der Waals surface area contributed by atoms with Crippen LogP contribution in [0.2, 0.25) is 0 Å². The average molecular weight is 183 g/mol. The summed E-state index contributed by atoms with van der Waals surface area (Å²) in [7, 11) is 0. The molecule has 1 saturated heterocycles. The summed E-state index contributed by atoms with van der Waals surface area (Å²) in [5.74, 6) is 0. The van der Waals surface area contributed by atoms with E-state index in [0.29, 0.717) is 12.1 Å². The van der Waals surface area contributed by atoms with Crippen LogP contribution >= 0.6 is 0 Å². The van der Waals surface area contributed by atoms with E-state index < -0.39 is 0 Å². The normalized spacial score (nSPS) is 25.3. The van der Waals surface area contributed by atoms with E-state index in [4.69, 9.17) is 4.74 Å². The number of nitrogens with zero attached hydrogens (tertiary/aromatic N) is 1. The van der Waals surface area contributed by atoms with E-state index in [1.807, 2.05) is 0 Å². The second-order valence-electron chi connectivity index (χ2n) is 4.15. The molecule has 0 aromatic heterocycles. The van der Waals surface area contributed by atoms with Gasteiger partial charge in [-0.2, -0.15) is 0 Å². The molecule has 1 rings (SSSR count). The van der Waals surface area contributed by atoms with E-state index in [2.05, 4.69) is 25.8 Å². The van der Waals surface area contributed by atoms with Crippen LogP contribution < -0.4 is 0 Å². The molecule has 0 aromatic carbocycles. The minimum Gasteiger partial charge on any atom is -0.378 e. The van der Waals surface area contributed by atoms with Gasteiger partial charge in [-0.15, -0.1) is 0 Å². The van der Waals surface area contributed by atoms with Crippen molar-refractivity contribution in [1.29, 1.82) is 0 Å². The lowest BCUT2D eigenvalue weighted by molar-refractivity contribution is 0.00849. The van der Waals surface area contributed by atoms with Gasteiger partial charge in [-0.1, -0.05) is 0 Å². The van der Waals surface area contributed by atoms with Crippen LogP contribution in [0.15, 0.2) is 4.99 Å². The van der Waals surface area contributed by atoms with Crippen LogP contribution in [-0.2, 0) is 4.74 Å². The first-order valence-electron chi connectivity index (χ1n) is 5.31. The molecular formula is C11H21NO. The maximum Gasteiger partial charge on any atom is 0.0595 e. The Labute approximate surface area is 81.4 Å². The Balaban J connectivity index is 2.26. The molecule has 2 atom stereocenters. The van der Waals surface area contributed by atoms with Crippen molar-refractivity contribution in [2.24, 2.45) is 4.99 Å². The summed E-state index contributed by atoms with van der Waals surface area (Å²) < 4.78 is 5.66. The zero-order chi connectivity index (χ0) is 9.68. The van der Waals surface area contributed by atoms with Crippen LogP contribution in [0.5, 0.6) is 0 Å². The van der Waals surface area contributed by atoms with Gasteiger partial charge in [0.05, 0.1) is 6.10 Å². The third kappa shape index (κ3) is 4.41. The molecule has 0 N–H and O–H groups in total. The van der Waals surface area contributed by atoms with Gasteiger partial charge in [0.1, 0.15) is 0 Å². The Kier molecular flexibility index (Phi) is 4.43. The van der Waals surface area contributed by atoms with Crippen molar-refractivity contribution in [2.45, 2.75) is 58.6 Å². The van der Waals surface area contributed by atoms with Crippen LogP contribution in [0, 0.1) is 0 Å². The topological polar surface area (TPSA) is 21.6 Å². The SMILES string of the molecule is CC(C)=NC(C)CC1CCCCO1. The molecule has 1 fully saturated rings. The Morgan fingerprint density at radius 1 is 1.46 bits per heavy atom. The fourth-order valence-electron chi connectivity index (χ4n) is 1.87. The van der Waals surface area contributed by atoms with Gasteiger partial charge >= 0.3 is 0 Å². The minimum atomic E-state index is 0.424. The molecule has 0 spiro atoms. The Bertz CT molecular complexity index is 167. The zero-order valence-electron chi connectivity index (χ0n) is 9.05. The van der Waals surface area contributed by atoms with Gasteiger partial charge in [-0.3, -0.25) is 4.99 Å². The zero-order valence-corrected chi connectivity index (χ0v) is 9.05. The number of rotatable bonds is 3. The second kappa shape index (κ2) is 5.38. The Morgan fingerprint density at radius 2 is 2.23 bits per heavy atom. The van der Waals surface area contributed by atoms with Gasteiger partial charge in [-0.25, -0.2) is 0 Å². The van der Waals surface area contributed by atoms with E-state index in [1.54, 1.807) is 0 Å². The number of aliphatic imine (C=N–C) groups is 1. The number of hydrogen-bond donors (Lipinski definition) is 0. The summed E-state index contributed by atoms with van der Waals surface area (Å²) in [4.78, 5) is 4.51. The van der Waals surface area contributed by atoms with Crippen molar-refractivity contribution in [3.8, 4) is 0 Å². The summed E-state index contributed by atoms with van der Waals surface area (Å²) >= 11 is 0. The molecule has 2 heteroatoms. The Hall–Kier alpha value is -0.370. The third-order valence-corrected chi connectivity index (χ3v) is 2.36. The second-order valence-corrected chi connectivity index (χ2v) is 4.15. The maximum absolute atomic E-state index is 5.66. The Morgan fingerprint density at radius 3 is 2.77 bits per heavy atom. The van der Waals surface area contributed by atoms with Crippen LogP contribution in [-0.4, -0.2) is 24.5 Å². The molecule has 2 unspecified atom stereocenters. The molecule has 0 radical (unpaired) electrons. The highest BCUT2D eigenvalue weighted by Crippen LogP contribution is 2.18. The van der Waals surface area contributed by atoms with E-state index >= 15 is 0 Å². The molecule has 0 amide bonds. The first-order chi connectivity index (χ1) is 6.18. The fraction of sp³-hybridized carbons (Fsp3) is 0.909. The lowest BCUT2D eigenvalue weighted by Crippen LogP contribution is -2.22. The molecule has 1 aliphatic heterocycles. The summed E-state index contributed by atoms with van der Waals surface area (Å²) in [6, 6.07) is 0.424. The molecule has 0 aliphatic carbocycles. The summed E-state index contributed by atoms with van der Waals surface area (Å²) in [5.41, 5.74) is 1.17. The van der Waals surface area contributed by atoms with E-state index in [0.717, 1.165) is 13.0 Å². The standard InChI is InChI=1S/C11H21NO/c1-9(2)12-10(3)8-11-6-4-5-7-13-11/h10-11H,4-8H2,1-3H3. The quantitative estimate of drug-likeness (QED) is 0.616. The fourth-order valence-corrected chi connectivity index (χ4v) is 1.87. The van der Waals surface area contributed by atoms with Crippen LogP contribution in [0.1, 0.15) is 46.5 Å². The van der Waals surface area contributed by atoms with Crippen LogP contribution in [0.25, 0.3) is 0 Å². The van der Waals surface area contributed by atoms with Gasteiger partial charge < -0.3 is 4.74 Å². The third-order valence-electron chi connectivity index (χ3n) is 2.36. The molecule has 0 aromatic rings. The van der Waals surface area contributed by atoms with Crippen molar-refractivity contribution in [1.82, 2.24) is 0 Å². The summed E-state index contributed by atoms with van der Waals surface area (Å²) in [6.07, 6.45) is 5.34. The lowest BCUT2D eigenvalue weighted by atomic mass is 10.0. The molecule has 0 bridgehead atoms. The average Bonchev–Trinajstić information content (AvgIpc) is 2.04. The molecule has 13 heavy (non-hydrogen) atoms. The predicted octanol–water partition coefficient (Wildman–Crippen LogP) is 2.81. The highest BCUT2D eigenvalue weighted by molar-refractivity contribution is 5.79. The van der Waals surface area contributed by atoms with Crippen LogP contribution in [0.3, 0.4) is 0 Å². The van der Waals surface area contributed by atoms with Crippen molar-refractivity contribution in [3.63, 3.8) is 0 Å². The lowest BCUT2D eigenvalue weighted by Gasteiger charge is -2.24. The van der Waals surface area contributed by atoms with Crippen molar-refractivity contribution >= 4 is 5.71 Å². The van der Waals surface area contributed by atoms with Crippen molar-refractivity contribution in [2.75, 3.05) is 6.61 Å². The smallest absolute Gasteiger partial charge is 0.0595 e. The van der Waals surface area contributed by atoms with Gasteiger partial charge in [0.15, 0.2) is 0 Å². The monoisotopic (exact) mass is 183 g/mol. The summed E-state index contributed by atoms with van der Waals surface area (Å²) in [6.45, 7) is 7.23. The van der Waals surface area contributed by atoms with Gasteiger partial charge in [0.25, 0.3) is 0 Å². The van der Waals surface area contributed by atoms with Crippen LogP contribution in [0.4, 0.5) is 0 Å². The van der Waals surface area contributed by atoms with E-state index in [1.165, 1.54) is 25.0 Å². The van der Waals surface area contributed by atoms with E-state index in [9.17, 15) is 0 Å². The summed E-state index contributed by atoms with van der Waals surface area (Å²) in [5, 5.41) is 0. The van der Waals surface area contributed by atoms with Gasteiger partial charge in [0.2, 0.25) is 0 Å². The van der Waals surface area contributed by atoms with Gasteiger partial charge in [-0.05, 0) is 46.5 Å². The van der Waals surface area contributed by atoms with Crippen molar-refractivity contribution in [3.05, 3.63) is 0 Å². The molecule has 2 nitrogen and oxygen atoms in total. The highest BCUT2D eigenvalue weighted by Gasteiger charge is 2.16. The number of ether oxygens (including phenoxy) is 1. The highest BCUT2D eigenvalue weighted by atomic mass is 16.5. The first-order valence-corrected chi connectivity index (χ1v) is 5.31. The maximum atomic E-state index is 5.66. The molecule has 76 valence electrons. The minimum absolute atomic E-state index is 0.424. The number of hydrogen-bond acceptors (Lipinski definition) is 2. The first kappa shape index (κ1) is 10.7. The molecule has 0 saturated carbocycles. The molecule has 1 aliphatic rings. The largest absolute Gasteiger partial charge is 0.378 e. The van der Waals surface area contributed by atoms with E-state index in [-0.39, 0.29) is 0 Å². The molecular weight excluding hydrogens is 162 g/mol. The molecule has 1 heterocycles. The predicted molar refractivity (Wildman–Crippen MR) is 56.5 cm³/mol. The van der Waals surface area contributed by atoms with Gasteiger partial charge in [0, 0.05) is 18.4 Å². The van der Waals surface area contributed by atoms with Crippen molar-refractivity contribution < 1.29 is 4.74 Å².